The first-order valence-electron chi connectivity index (χ1n) is 6.05. The topological polar surface area (TPSA) is 52.4 Å². The maximum Gasteiger partial charge on any atom is 0.269 e. The lowest BCUT2D eigenvalue weighted by atomic mass is 9.97. The van der Waals surface area contributed by atoms with Crippen LogP contribution >= 0.6 is 15.9 Å². The van der Waals surface area contributed by atoms with E-state index in [2.05, 4.69) is 22.9 Å². The van der Waals surface area contributed by atoms with Crippen LogP contribution in [0.15, 0.2) is 24.3 Å². The Hall–Kier alpha value is -0.940. The lowest BCUT2D eigenvalue weighted by Crippen LogP contribution is -2.17. The van der Waals surface area contributed by atoms with E-state index in [-0.39, 0.29) is 10.6 Å². The zero-order valence-electron chi connectivity index (χ0n) is 10.2. The van der Waals surface area contributed by atoms with E-state index >= 15 is 0 Å². The molecule has 3 unspecified atom stereocenters. The third kappa shape index (κ3) is 3.29. The molecule has 1 aliphatic heterocycles. The van der Waals surface area contributed by atoms with Gasteiger partial charge in [0.15, 0.2) is 0 Å². The van der Waals surface area contributed by atoms with Crippen molar-refractivity contribution < 1.29 is 9.66 Å². The Bertz CT molecular complexity index is 421. The monoisotopic (exact) mass is 313 g/mol. The van der Waals surface area contributed by atoms with Gasteiger partial charge in [0.1, 0.15) is 0 Å². The first-order chi connectivity index (χ1) is 8.56. The van der Waals surface area contributed by atoms with Crippen molar-refractivity contribution in [2.75, 3.05) is 6.61 Å². The van der Waals surface area contributed by atoms with Gasteiger partial charge >= 0.3 is 0 Å². The van der Waals surface area contributed by atoms with Crippen molar-refractivity contribution in [1.82, 2.24) is 0 Å². The Labute approximate surface area is 115 Å². The highest BCUT2D eigenvalue weighted by molar-refractivity contribution is 9.09. The van der Waals surface area contributed by atoms with Crippen molar-refractivity contribution in [1.29, 1.82) is 0 Å². The molecule has 4 nitrogen and oxygen atoms in total. The average Bonchev–Trinajstić information content (AvgIpc) is 2.76. The number of benzene rings is 1. The van der Waals surface area contributed by atoms with Gasteiger partial charge < -0.3 is 4.74 Å². The van der Waals surface area contributed by atoms with Gasteiger partial charge in [0.05, 0.1) is 17.6 Å². The molecule has 3 atom stereocenters. The first kappa shape index (κ1) is 13.5. The lowest BCUT2D eigenvalue weighted by molar-refractivity contribution is -0.384. The van der Waals surface area contributed by atoms with Crippen LogP contribution < -0.4 is 0 Å². The number of nitrogens with zero attached hydrogens (tertiary/aromatic N) is 1. The zero-order chi connectivity index (χ0) is 13.1. The number of rotatable bonds is 4. The molecule has 0 aliphatic carbocycles. The molecule has 5 heteroatoms. The minimum atomic E-state index is -0.373. The summed E-state index contributed by atoms with van der Waals surface area (Å²) in [7, 11) is 0. The van der Waals surface area contributed by atoms with Crippen LogP contribution in [0.3, 0.4) is 0 Å². The number of hydrogen-bond acceptors (Lipinski definition) is 3. The largest absolute Gasteiger partial charge is 0.378 e. The fraction of sp³-hybridized carbons (Fsp3) is 0.538. The fourth-order valence-electron chi connectivity index (χ4n) is 2.25. The smallest absolute Gasteiger partial charge is 0.269 e. The summed E-state index contributed by atoms with van der Waals surface area (Å²) in [5.74, 6) is 0.523. The molecule has 0 N–H and O–H groups in total. The Balaban J connectivity index is 1.94. The van der Waals surface area contributed by atoms with Crippen LogP contribution in [0.2, 0.25) is 0 Å². The first-order valence-corrected chi connectivity index (χ1v) is 6.97. The van der Waals surface area contributed by atoms with Gasteiger partial charge in [-0.15, -0.1) is 0 Å². The van der Waals surface area contributed by atoms with Gasteiger partial charge in [0, 0.05) is 17.0 Å². The van der Waals surface area contributed by atoms with Crippen LogP contribution in [0.1, 0.15) is 18.9 Å². The molecular weight excluding hydrogens is 298 g/mol. The molecule has 0 radical (unpaired) electrons. The normalized spacial score (nSPS) is 25.0. The van der Waals surface area contributed by atoms with Crippen LogP contribution in [0.4, 0.5) is 5.69 Å². The van der Waals surface area contributed by atoms with Crippen molar-refractivity contribution >= 4 is 21.6 Å². The number of ether oxygens (including phenoxy) is 1. The van der Waals surface area contributed by atoms with Gasteiger partial charge in [-0.2, -0.15) is 0 Å². The van der Waals surface area contributed by atoms with Gasteiger partial charge in [-0.3, -0.25) is 10.1 Å². The Morgan fingerprint density at radius 1 is 1.50 bits per heavy atom. The number of alkyl halides is 1. The molecule has 1 aromatic carbocycles. The molecule has 2 rings (SSSR count). The fourth-order valence-corrected chi connectivity index (χ4v) is 2.99. The van der Waals surface area contributed by atoms with E-state index < -0.39 is 0 Å². The van der Waals surface area contributed by atoms with Gasteiger partial charge in [-0.25, -0.2) is 0 Å². The second-order valence-electron chi connectivity index (χ2n) is 4.78. The zero-order valence-corrected chi connectivity index (χ0v) is 11.8. The highest BCUT2D eigenvalue weighted by atomic mass is 79.9. The van der Waals surface area contributed by atoms with Crippen molar-refractivity contribution in [3.63, 3.8) is 0 Å². The van der Waals surface area contributed by atoms with E-state index in [0.717, 1.165) is 25.0 Å². The molecule has 1 fully saturated rings. The quantitative estimate of drug-likeness (QED) is 0.487. The molecule has 1 aromatic rings. The summed E-state index contributed by atoms with van der Waals surface area (Å²) in [6.07, 6.45) is 2.29. The van der Waals surface area contributed by atoms with Crippen molar-refractivity contribution in [2.24, 2.45) is 5.92 Å². The van der Waals surface area contributed by atoms with Gasteiger partial charge in [0.2, 0.25) is 0 Å². The van der Waals surface area contributed by atoms with Crippen molar-refractivity contribution in [2.45, 2.75) is 30.7 Å². The predicted octanol–water partition coefficient (Wildman–Crippen LogP) is 3.33. The molecule has 1 heterocycles. The molecule has 0 aromatic heterocycles. The highest BCUT2D eigenvalue weighted by Crippen LogP contribution is 2.29. The van der Waals surface area contributed by atoms with Gasteiger partial charge in [0.25, 0.3) is 5.69 Å². The average molecular weight is 314 g/mol. The summed E-state index contributed by atoms with van der Waals surface area (Å²) >= 11 is 3.70. The second-order valence-corrected chi connectivity index (χ2v) is 5.96. The van der Waals surface area contributed by atoms with E-state index in [9.17, 15) is 10.1 Å². The van der Waals surface area contributed by atoms with Gasteiger partial charge in [-0.05, 0) is 31.2 Å². The molecule has 98 valence electrons. The Morgan fingerprint density at radius 2 is 2.17 bits per heavy atom. The third-order valence-electron chi connectivity index (χ3n) is 3.32. The highest BCUT2D eigenvalue weighted by Gasteiger charge is 2.28. The number of nitro groups is 1. The van der Waals surface area contributed by atoms with Crippen molar-refractivity contribution in [3.05, 3.63) is 39.9 Å². The Morgan fingerprint density at radius 3 is 2.67 bits per heavy atom. The van der Waals surface area contributed by atoms with Crippen LogP contribution in [0, 0.1) is 16.0 Å². The Kier molecular flexibility index (Phi) is 4.35. The van der Waals surface area contributed by atoms with E-state index in [4.69, 9.17) is 4.74 Å². The molecule has 18 heavy (non-hydrogen) atoms. The van der Waals surface area contributed by atoms with Crippen LogP contribution in [-0.2, 0) is 11.2 Å². The molecule has 0 amide bonds. The number of halogens is 1. The maximum absolute atomic E-state index is 10.6. The summed E-state index contributed by atoms with van der Waals surface area (Å²) in [6.45, 7) is 2.88. The predicted molar refractivity (Wildman–Crippen MR) is 73.0 cm³/mol. The summed E-state index contributed by atoms with van der Waals surface area (Å²) < 4.78 is 5.56. The van der Waals surface area contributed by atoms with Crippen LogP contribution in [0.5, 0.6) is 0 Å². The number of non-ortho nitro benzene ring substituents is 1. The minimum absolute atomic E-state index is 0.141. The van der Waals surface area contributed by atoms with Crippen LogP contribution in [-0.4, -0.2) is 22.5 Å². The lowest BCUT2D eigenvalue weighted by Gasteiger charge is -2.15. The molecular formula is C13H16BrNO3. The van der Waals surface area contributed by atoms with E-state index in [1.807, 2.05) is 12.1 Å². The minimum Gasteiger partial charge on any atom is -0.378 e. The summed E-state index contributed by atoms with van der Waals surface area (Å²) in [4.78, 5) is 10.6. The summed E-state index contributed by atoms with van der Waals surface area (Å²) in [6, 6.07) is 6.77. The van der Waals surface area contributed by atoms with E-state index in [1.54, 1.807) is 12.1 Å². The molecule has 0 bridgehead atoms. The van der Waals surface area contributed by atoms with E-state index in [1.165, 1.54) is 0 Å². The second kappa shape index (κ2) is 5.80. The summed E-state index contributed by atoms with van der Waals surface area (Å²) in [5.41, 5.74) is 1.25. The SMILES string of the molecule is CC1CC(C(Br)Cc2ccc([N+](=O)[O-])cc2)CO1. The molecule has 1 aliphatic rings. The third-order valence-corrected chi connectivity index (χ3v) is 4.39. The van der Waals surface area contributed by atoms with Crippen LogP contribution in [0.25, 0.3) is 0 Å². The van der Waals surface area contributed by atoms with Gasteiger partial charge in [-0.1, -0.05) is 28.1 Å². The van der Waals surface area contributed by atoms with Crippen molar-refractivity contribution in [3.8, 4) is 0 Å². The maximum atomic E-state index is 10.6. The molecule has 1 saturated heterocycles. The number of nitro benzene ring substituents is 1. The molecule has 0 saturated carbocycles. The van der Waals surface area contributed by atoms with E-state index in [0.29, 0.717) is 16.8 Å². The summed E-state index contributed by atoms with van der Waals surface area (Å²) in [5, 5.41) is 10.6. The standard InChI is InChI=1S/C13H16BrNO3/c1-9-6-11(8-18-9)13(14)7-10-2-4-12(5-3-10)15(16)17/h2-5,9,11,13H,6-8H2,1H3. The molecule has 0 spiro atoms. The number of hydrogen-bond donors (Lipinski definition) is 0.